The van der Waals surface area contributed by atoms with E-state index in [4.69, 9.17) is 10.5 Å². The summed E-state index contributed by atoms with van der Waals surface area (Å²) >= 11 is 0. The van der Waals surface area contributed by atoms with Crippen molar-refractivity contribution in [2.75, 3.05) is 20.2 Å². The van der Waals surface area contributed by atoms with Gasteiger partial charge in [0.2, 0.25) is 5.91 Å². The van der Waals surface area contributed by atoms with Crippen LogP contribution in [0.15, 0.2) is 18.3 Å². The number of aromatic nitrogens is 1. The van der Waals surface area contributed by atoms with Crippen LogP contribution >= 0.6 is 0 Å². The van der Waals surface area contributed by atoms with Gasteiger partial charge in [0.05, 0.1) is 11.2 Å². The van der Waals surface area contributed by atoms with E-state index in [2.05, 4.69) is 4.98 Å². The van der Waals surface area contributed by atoms with Gasteiger partial charge in [-0.25, -0.2) is 0 Å². The van der Waals surface area contributed by atoms with Crippen molar-refractivity contribution in [1.82, 2.24) is 9.88 Å². The van der Waals surface area contributed by atoms with Gasteiger partial charge in [0.1, 0.15) is 0 Å². The van der Waals surface area contributed by atoms with Gasteiger partial charge in [-0.05, 0) is 38.3 Å². The molecule has 0 aromatic carbocycles. The highest BCUT2D eigenvalue weighted by molar-refractivity contribution is 5.95. The van der Waals surface area contributed by atoms with Crippen molar-refractivity contribution < 1.29 is 14.3 Å². The molecule has 1 fully saturated rings. The molecule has 1 aromatic heterocycles. The molecule has 0 spiro atoms. The van der Waals surface area contributed by atoms with Crippen LogP contribution in [0, 0.1) is 6.92 Å². The topological polar surface area (TPSA) is 85.5 Å². The van der Waals surface area contributed by atoms with Crippen molar-refractivity contribution in [3.8, 4) is 0 Å². The molecule has 2 rings (SSSR count). The van der Waals surface area contributed by atoms with Crippen LogP contribution in [0.3, 0.4) is 0 Å². The van der Waals surface area contributed by atoms with Gasteiger partial charge in [-0.3, -0.25) is 14.6 Å². The molecule has 0 aliphatic carbocycles. The molecule has 120 valence electrons. The average molecular weight is 305 g/mol. The molecule has 0 bridgehead atoms. The van der Waals surface area contributed by atoms with Crippen LogP contribution in [0.25, 0.3) is 0 Å². The lowest BCUT2D eigenvalue weighted by Crippen LogP contribution is -2.51. The van der Waals surface area contributed by atoms with Gasteiger partial charge in [-0.1, -0.05) is 0 Å². The molecular formula is C16H23N3O3. The van der Waals surface area contributed by atoms with Crippen LogP contribution in [0.4, 0.5) is 0 Å². The molecule has 2 heterocycles. The van der Waals surface area contributed by atoms with E-state index in [-0.39, 0.29) is 18.2 Å². The van der Waals surface area contributed by atoms with E-state index in [0.717, 1.165) is 18.5 Å². The third-order valence-corrected chi connectivity index (χ3v) is 4.32. The molecule has 6 heteroatoms. The van der Waals surface area contributed by atoms with E-state index in [1.165, 1.54) is 0 Å². The Morgan fingerprint density at radius 2 is 2.27 bits per heavy atom. The molecular weight excluding hydrogens is 282 g/mol. The van der Waals surface area contributed by atoms with Gasteiger partial charge in [0.15, 0.2) is 0 Å². The van der Waals surface area contributed by atoms with Crippen LogP contribution in [-0.4, -0.2) is 47.5 Å². The lowest BCUT2D eigenvalue weighted by molar-refractivity contribution is -0.120. The average Bonchev–Trinajstić information content (AvgIpc) is 2.53. The summed E-state index contributed by atoms with van der Waals surface area (Å²) in [6.45, 7) is 2.99. The Kier molecular flexibility index (Phi) is 5.13. The summed E-state index contributed by atoms with van der Waals surface area (Å²) in [4.78, 5) is 29.7. The normalized spacial score (nSPS) is 21.6. The van der Waals surface area contributed by atoms with Crippen molar-refractivity contribution in [2.45, 2.75) is 38.2 Å². The molecule has 0 saturated carbocycles. The summed E-state index contributed by atoms with van der Waals surface area (Å²) in [6, 6.07) is 3.55. The fourth-order valence-corrected chi connectivity index (χ4v) is 2.98. The van der Waals surface area contributed by atoms with Crippen molar-refractivity contribution in [3.05, 3.63) is 29.6 Å². The number of nitrogens with two attached hydrogens (primary N) is 1. The smallest absolute Gasteiger partial charge is 0.255 e. The Hall–Kier alpha value is -1.95. The molecule has 6 nitrogen and oxygen atoms in total. The number of primary amides is 1. The molecule has 0 radical (unpaired) electrons. The highest BCUT2D eigenvalue weighted by atomic mass is 16.5. The van der Waals surface area contributed by atoms with Gasteiger partial charge >= 0.3 is 0 Å². The van der Waals surface area contributed by atoms with E-state index < -0.39 is 5.60 Å². The van der Waals surface area contributed by atoms with Crippen LogP contribution in [0.2, 0.25) is 0 Å². The third-order valence-electron chi connectivity index (χ3n) is 4.32. The van der Waals surface area contributed by atoms with Crippen LogP contribution in [-0.2, 0) is 9.53 Å². The van der Waals surface area contributed by atoms with Gasteiger partial charge < -0.3 is 15.4 Å². The lowest BCUT2D eigenvalue weighted by atomic mass is 9.87. The third kappa shape index (κ3) is 3.62. The fraction of sp³-hybridized carbons (Fsp3) is 0.562. The quantitative estimate of drug-likeness (QED) is 0.888. The Morgan fingerprint density at radius 1 is 1.50 bits per heavy atom. The van der Waals surface area contributed by atoms with Gasteiger partial charge in [-0.15, -0.1) is 0 Å². The number of nitrogens with zero attached hydrogens (tertiary/aromatic N) is 2. The number of methoxy groups -OCH3 is 1. The van der Waals surface area contributed by atoms with Crippen molar-refractivity contribution in [2.24, 2.45) is 5.73 Å². The molecule has 1 aliphatic heterocycles. The highest BCUT2D eigenvalue weighted by Crippen LogP contribution is 2.30. The number of hydrogen-bond acceptors (Lipinski definition) is 4. The summed E-state index contributed by atoms with van der Waals surface area (Å²) in [7, 11) is 1.63. The molecule has 22 heavy (non-hydrogen) atoms. The second kappa shape index (κ2) is 6.87. The fourth-order valence-electron chi connectivity index (χ4n) is 2.98. The first-order chi connectivity index (χ1) is 10.5. The van der Waals surface area contributed by atoms with Crippen molar-refractivity contribution in [1.29, 1.82) is 0 Å². The summed E-state index contributed by atoms with van der Waals surface area (Å²) < 4.78 is 5.66. The second-order valence-electron chi connectivity index (χ2n) is 5.82. The Balaban J connectivity index is 2.13. The van der Waals surface area contributed by atoms with E-state index in [1.54, 1.807) is 30.3 Å². The first-order valence-electron chi connectivity index (χ1n) is 7.52. The summed E-state index contributed by atoms with van der Waals surface area (Å²) in [6.07, 6.45) is 4.15. The van der Waals surface area contributed by atoms with E-state index in [9.17, 15) is 9.59 Å². The maximum Gasteiger partial charge on any atom is 0.255 e. The van der Waals surface area contributed by atoms with Crippen LogP contribution in [0.1, 0.15) is 41.7 Å². The molecule has 2 amide bonds. The number of ether oxygens (including phenoxy) is 1. The molecule has 1 unspecified atom stereocenters. The number of likely N-dealkylation sites (tertiary alicyclic amines) is 1. The zero-order chi connectivity index (χ0) is 16.2. The minimum absolute atomic E-state index is 0.0363. The SMILES string of the molecule is COC1(CCC(N)=O)CCCN(C(=O)c2cccnc2C)C1. The van der Waals surface area contributed by atoms with Crippen LogP contribution in [0.5, 0.6) is 0 Å². The zero-order valence-electron chi connectivity index (χ0n) is 13.2. The van der Waals surface area contributed by atoms with Gasteiger partial charge in [0.25, 0.3) is 5.91 Å². The number of carbonyl (C=O) groups is 2. The lowest BCUT2D eigenvalue weighted by Gasteiger charge is -2.42. The summed E-state index contributed by atoms with van der Waals surface area (Å²) in [5.74, 6) is -0.381. The molecule has 1 atom stereocenters. The number of piperidine rings is 1. The van der Waals surface area contributed by atoms with Gasteiger partial charge in [-0.2, -0.15) is 0 Å². The number of aryl methyl sites for hydroxylation is 1. The van der Waals surface area contributed by atoms with E-state index in [1.807, 2.05) is 6.92 Å². The zero-order valence-corrected chi connectivity index (χ0v) is 13.2. The van der Waals surface area contributed by atoms with Crippen LogP contribution < -0.4 is 5.73 Å². The first kappa shape index (κ1) is 16.4. The highest BCUT2D eigenvalue weighted by Gasteiger charge is 2.37. The first-order valence-corrected chi connectivity index (χ1v) is 7.52. The van der Waals surface area contributed by atoms with E-state index >= 15 is 0 Å². The molecule has 1 aliphatic rings. The molecule has 1 aromatic rings. The van der Waals surface area contributed by atoms with E-state index in [0.29, 0.717) is 25.1 Å². The maximum atomic E-state index is 12.7. The minimum Gasteiger partial charge on any atom is -0.376 e. The molecule has 1 saturated heterocycles. The largest absolute Gasteiger partial charge is 0.376 e. The number of carbonyl (C=O) groups excluding carboxylic acids is 2. The number of amides is 2. The minimum atomic E-state index is -0.487. The standard InChI is InChI=1S/C16H23N3O3/c1-12-13(5-3-9-18-12)15(21)19-10-4-7-16(11-19,22-2)8-6-14(17)20/h3,5,9H,4,6-8,10-11H2,1-2H3,(H2,17,20). The Labute approximate surface area is 130 Å². The monoisotopic (exact) mass is 305 g/mol. The Bertz CT molecular complexity index is 561. The number of rotatable bonds is 5. The summed E-state index contributed by atoms with van der Waals surface area (Å²) in [5.41, 5.74) is 6.09. The summed E-state index contributed by atoms with van der Waals surface area (Å²) in [5, 5.41) is 0. The molecule has 2 N–H and O–H groups in total. The number of pyridine rings is 1. The Morgan fingerprint density at radius 3 is 2.91 bits per heavy atom. The predicted octanol–water partition coefficient (Wildman–Crippen LogP) is 1.28. The maximum absolute atomic E-state index is 12.7. The second-order valence-corrected chi connectivity index (χ2v) is 5.82. The van der Waals surface area contributed by atoms with Crippen molar-refractivity contribution in [3.63, 3.8) is 0 Å². The van der Waals surface area contributed by atoms with Gasteiger partial charge in [0, 0.05) is 38.5 Å². The van der Waals surface area contributed by atoms with Crippen molar-refractivity contribution >= 4 is 11.8 Å². The predicted molar refractivity (Wildman–Crippen MR) is 82.3 cm³/mol. The number of hydrogen-bond donors (Lipinski definition) is 1.